The zero-order chi connectivity index (χ0) is 13.9. The van der Waals surface area contributed by atoms with Crippen LogP contribution in [0.2, 0.25) is 0 Å². The lowest BCUT2D eigenvalue weighted by Crippen LogP contribution is -2.39. The van der Waals surface area contributed by atoms with Gasteiger partial charge in [-0.05, 0) is 29.7 Å². The van der Waals surface area contributed by atoms with Gasteiger partial charge >= 0.3 is 0 Å². The Kier molecular flexibility index (Phi) is 3.55. The van der Waals surface area contributed by atoms with Crippen LogP contribution in [0.1, 0.15) is 24.1 Å². The normalized spacial score (nSPS) is 19.2. The molecule has 0 saturated carbocycles. The van der Waals surface area contributed by atoms with Crippen LogP contribution in [0.15, 0.2) is 54.6 Å². The average Bonchev–Trinajstić information content (AvgIpc) is 2.54. The Hall–Kier alpha value is -2.09. The van der Waals surface area contributed by atoms with Crippen molar-refractivity contribution in [2.24, 2.45) is 5.92 Å². The minimum atomic E-state index is -0.0170. The summed E-state index contributed by atoms with van der Waals surface area (Å²) in [7, 11) is 0. The summed E-state index contributed by atoms with van der Waals surface area (Å²) in [6, 6.07) is 19.0. The highest BCUT2D eigenvalue weighted by Crippen LogP contribution is 2.37. The second-order valence-electron chi connectivity index (χ2n) is 5.42. The first-order valence-electron chi connectivity index (χ1n) is 7.16. The Labute approximate surface area is 120 Å². The Morgan fingerprint density at radius 2 is 1.80 bits per heavy atom. The molecule has 3 rings (SSSR count). The monoisotopic (exact) mass is 265 g/mol. The van der Waals surface area contributed by atoms with Crippen molar-refractivity contribution in [3.8, 4) is 0 Å². The minimum Gasteiger partial charge on any atom is -0.363 e. The first-order valence-corrected chi connectivity index (χ1v) is 7.16. The van der Waals surface area contributed by atoms with Gasteiger partial charge in [-0.1, -0.05) is 49.4 Å². The molecule has 1 heterocycles. The van der Waals surface area contributed by atoms with Gasteiger partial charge in [-0.2, -0.15) is 0 Å². The molecule has 2 atom stereocenters. The largest absolute Gasteiger partial charge is 0.363 e. The van der Waals surface area contributed by atoms with Crippen LogP contribution >= 0.6 is 0 Å². The van der Waals surface area contributed by atoms with E-state index in [1.165, 1.54) is 16.8 Å². The van der Waals surface area contributed by atoms with Gasteiger partial charge in [-0.25, -0.2) is 0 Å². The quantitative estimate of drug-likeness (QED) is 0.790. The second kappa shape index (κ2) is 5.49. The molecule has 0 radical (unpaired) electrons. The number of para-hydroxylation sites is 1. The first-order chi connectivity index (χ1) is 9.81. The van der Waals surface area contributed by atoms with Crippen molar-refractivity contribution in [2.75, 3.05) is 11.4 Å². The van der Waals surface area contributed by atoms with E-state index in [-0.39, 0.29) is 12.0 Å². The SMILES string of the molecule is C[C@@H](C=O)[C@H]1c2ccccc2CCN1c1ccccc1. The molecule has 0 saturated heterocycles. The van der Waals surface area contributed by atoms with Crippen molar-refractivity contribution in [1.29, 1.82) is 0 Å². The molecule has 102 valence electrons. The lowest BCUT2D eigenvalue weighted by Gasteiger charge is -2.40. The minimum absolute atomic E-state index is 0.0170. The summed E-state index contributed by atoms with van der Waals surface area (Å²) >= 11 is 0. The molecule has 0 fully saturated rings. The number of hydrogen-bond acceptors (Lipinski definition) is 2. The Morgan fingerprint density at radius 1 is 1.10 bits per heavy atom. The molecule has 0 unspecified atom stereocenters. The summed E-state index contributed by atoms with van der Waals surface area (Å²) in [4.78, 5) is 13.7. The first kappa shape index (κ1) is 12.9. The highest BCUT2D eigenvalue weighted by molar-refractivity contribution is 5.61. The molecule has 1 aliphatic heterocycles. The van der Waals surface area contributed by atoms with Crippen LogP contribution in [0.3, 0.4) is 0 Å². The maximum Gasteiger partial charge on any atom is 0.125 e. The highest BCUT2D eigenvalue weighted by Gasteiger charge is 2.31. The second-order valence-corrected chi connectivity index (χ2v) is 5.42. The molecule has 2 aromatic rings. The third-order valence-electron chi connectivity index (χ3n) is 4.13. The number of aldehydes is 1. The van der Waals surface area contributed by atoms with Crippen LogP contribution in [0.5, 0.6) is 0 Å². The summed E-state index contributed by atoms with van der Waals surface area (Å²) in [6.45, 7) is 2.97. The number of hydrogen-bond donors (Lipinski definition) is 0. The molecule has 0 bridgehead atoms. The Balaban J connectivity index is 2.06. The standard InChI is InChI=1S/C18H19NO/c1-14(13-20)18-17-10-6-5-7-15(17)11-12-19(18)16-8-3-2-4-9-16/h2-10,13-14,18H,11-12H2,1H3/t14-,18-/m0/s1. The number of fused-ring (bicyclic) bond motifs is 1. The summed E-state index contributed by atoms with van der Waals surface area (Å²) in [6.07, 6.45) is 2.11. The zero-order valence-corrected chi connectivity index (χ0v) is 11.7. The number of carbonyl (C=O) groups is 1. The fourth-order valence-corrected chi connectivity index (χ4v) is 3.15. The maximum atomic E-state index is 11.4. The van der Waals surface area contributed by atoms with Crippen molar-refractivity contribution in [3.63, 3.8) is 0 Å². The van der Waals surface area contributed by atoms with E-state index in [1.807, 2.05) is 13.0 Å². The van der Waals surface area contributed by atoms with Crippen LogP contribution < -0.4 is 4.90 Å². The van der Waals surface area contributed by atoms with E-state index in [1.54, 1.807) is 0 Å². The fourth-order valence-electron chi connectivity index (χ4n) is 3.15. The smallest absolute Gasteiger partial charge is 0.125 e. The van der Waals surface area contributed by atoms with E-state index in [9.17, 15) is 4.79 Å². The van der Waals surface area contributed by atoms with Gasteiger partial charge in [0.15, 0.2) is 0 Å². The molecule has 0 aliphatic carbocycles. The average molecular weight is 265 g/mol. The van der Waals surface area contributed by atoms with Crippen molar-refractivity contribution in [3.05, 3.63) is 65.7 Å². The molecule has 0 N–H and O–H groups in total. The summed E-state index contributed by atoms with van der Waals surface area (Å²) in [5, 5.41) is 0. The lowest BCUT2D eigenvalue weighted by atomic mass is 9.85. The van der Waals surface area contributed by atoms with Gasteiger partial charge in [0.2, 0.25) is 0 Å². The van der Waals surface area contributed by atoms with Crippen molar-refractivity contribution >= 4 is 12.0 Å². The van der Waals surface area contributed by atoms with E-state index in [2.05, 4.69) is 53.4 Å². The van der Waals surface area contributed by atoms with Gasteiger partial charge < -0.3 is 9.69 Å². The van der Waals surface area contributed by atoms with E-state index < -0.39 is 0 Å². The third kappa shape index (κ3) is 2.22. The number of rotatable bonds is 3. The zero-order valence-electron chi connectivity index (χ0n) is 11.7. The van der Waals surface area contributed by atoms with E-state index in [4.69, 9.17) is 0 Å². The van der Waals surface area contributed by atoms with Crippen LogP contribution in [0.4, 0.5) is 5.69 Å². The lowest BCUT2D eigenvalue weighted by molar-refractivity contribution is -0.111. The summed E-state index contributed by atoms with van der Waals surface area (Å²) in [5.74, 6) is -0.0170. The molecule has 1 aliphatic rings. The summed E-state index contributed by atoms with van der Waals surface area (Å²) < 4.78 is 0. The topological polar surface area (TPSA) is 20.3 Å². The highest BCUT2D eigenvalue weighted by atomic mass is 16.1. The van der Waals surface area contributed by atoms with Gasteiger partial charge in [-0.3, -0.25) is 0 Å². The van der Waals surface area contributed by atoms with Gasteiger partial charge in [0.05, 0.1) is 6.04 Å². The van der Waals surface area contributed by atoms with Gasteiger partial charge in [0, 0.05) is 18.2 Å². The van der Waals surface area contributed by atoms with Crippen LogP contribution in [-0.2, 0) is 11.2 Å². The number of benzene rings is 2. The fraction of sp³-hybridized carbons (Fsp3) is 0.278. The molecule has 0 amide bonds. The maximum absolute atomic E-state index is 11.4. The van der Waals surface area contributed by atoms with E-state index >= 15 is 0 Å². The van der Waals surface area contributed by atoms with Gasteiger partial charge in [0.25, 0.3) is 0 Å². The Bertz CT molecular complexity index is 593. The predicted molar refractivity (Wildman–Crippen MR) is 81.9 cm³/mol. The molecule has 2 aromatic carbocycles. The van der Waals surface area contributed by atoms with Crippen molar-refractivity contribution < 1.29 is 4.79 Å². The molecular formula is C18H19NO. The molecule has 20 heavy (non-hydrogen) atoms. The molecule has 2 nitrogen and oxygen atoms in total. The van der Waals surface area contributed by atoms with Crippen LogP contribution in [-0.4, -0.2) is 12.8 Å². The number of carbonyl (C=O) groups excluding carboxylic acids is 1. The molecule has 0 spiro atoms. The third-order valence-corrected chi connectivity index (χ3v) is 4.13. The molecule has 0 aromatic heterocycles. The predicted octanol–water partition coefficient (Wildman–Crippen LogP) is 3.63. The van der Waals surface area contributed by atoms with Crippen LogP contribution in [0.25, 0.3) is 0 Å². The summed E-state index contributed by atoms with van der Waals surface area (Å²) in [5.41, 5.74) is 3.86. The van der Waals surface area contributed by atoms with E-state index in [0.717, 1.165) is 19.3 Å². The van der Waals surface area contributed by atoms with Crippen molar-refractivity contribution in [1.82, 2.24) is 0 Å². The molecular weight excluding hydrogens is 246 g/mol. The molecule has 2 heteroatoms. The van der Waals surface area contributed by atoms with Crippen LogP contribution in [0, 0.1) is 5.92 Å². The van der Waals surface area contributed by atoms with Gasteiger partial charge in [0.1, 0.15) is 6.29 Å². The van der Waals surface area contributed by atoms with Crippen molar-refractivity contribution in [2.45, 2.75) is 19.4 Å². The van der Waals surface area contributed by atoms with E-state index in [0.29, 0.717) is 0 Å². The van der Waals surface area contributed by atoms with Gasteiger partial charge in [-0.15, -0.1) is 0 Å². The number of nitrogens with zero attached hydrogens (tertiary/aromatic N) is 1. The Morgan fingerprint density at radius 3 is 2.55 bits per heavy atom. The number of anilines is 1.